The Morgan fingerprint density at radius 3 is 2.39 bits per heavy atom. The second kappa shape index (κ2) is 8.11. The molecular formula is C18H21ClN2O2. The van der Waals surface area contributed by atoms with Crippen molar-refractivity contribution in [2.75, 3.05) is 20.6 Å². The minimum Gasteiger partial charge on any atom is -0.387 e. The minimum absolute atomic E-state index is 0.135. The molecule has 0 aliphatic carbocycles. The van der Waals surface area contributed by atoms with Gasteiger partial charge in [0.2, 0.25) is 5.91 Å². The third-order valence-corrected chi connectivity index (χ3v) is 3.82. The van der Waals surface area contributed by atoms with E-state index in [9.17, 15) is 9.90 Å². The van der Waals surface area contributed by atoms with Gasteiger partial charge in [-0.15, -0.1) is 0 Å². The van der Waals surface area contributed by atoms with Gasteiger partial charge in [-0.1, -0.05) is 54.1 Å². The molecule has 23 heavy (non-hydrogen) atoms. The van der Waals surface area contributed by atoms with E-state index in [1.54, 1.807) is 24.3 Å². The number of benzene rings is 2. The van der Waals surface area contributed by atoms with Crippen LogP contribution in [0.15, 0.2) is 54.6 Å². The molecule has 0 saturated heterocycles. The van der Waals surface area contributed by atoms with Gasteiger partial charge in [-0.25, -0.2) is 0 Å². The van der Waals surface area contributed by atoms with Crippen molar-refractivity contribution in [3.63, 3.8) is 0 Å². The molecular weight excluding hydrogens is 312 g/mol. The lowest BCUT2D eigenvalue weighted by atomic mass is 10.0. The number of rotatable bonds is 6. The van der Waals surface area contributed by atoms with Gasteiger partial charge in [-0.05, 0) is 37.4 Å². The lowest BCUT2D eigenvalue weighted by Gasteiger charge is -2.24. The van der Waals surface area contributed by atoms with E-state index >= 15 is 0 Å². The summed E-state index contributed by atoms with van der Waals surface area (Å²) < 4.78 is 0. The smallest absolute Gasteiger partial charge is 0.242 e. The number of hydrogen-bond donors (Lipinski definition) is 2. The Balaban J connectivity index is 2.02. The van der Waals surface area contributed by atoms with E-state index in [4.69, 9.17) is 11.6 Å². The van der Waals surface area contributed by atoms with E-state index in [0.717, 1.165) is 5.56 Å². The van der Waals surface area contributed by atoms with E-state index in [1.165, 1.54) is 0 Å². The summed E-state index contributed by atoms with van der Waals surface area (Å²) in [6, 6.07) is 16.1. The van der Waals surface area contributed by atoms with Crippen molar-refractivity contribution < 1.29 is 9.90 Å². The molecule has 0 fully saturated rings. The van der Waals surface area contributed by atoms with Crippen molar-refractivity contribution in [3.05, 3.63) is 70.7 Å². The summed E-state index contributed by atoms with van der Waals surface area (Å²) >= 11 is 5.92. The van der Waals surface area contributed by atoms with Crippen LogP contribution in [0, 0.1) is 0 Å². The van der Waals surface area contributed by atoms with Gasteiger partial charge in [0.15, 0.2) is 0 Å². The number of halogens is 1. The Bertz CT molecular complexity index is 646. The van der Waals surface area contributed by atoms with Gasteiger partial charge in [0.25, 0.3) is 0 Å². The van der Waals surface area contributed by atoms with Crippen molar-refractivity contribution in [2.45, 2.75) is 12.1 Å². The van der Waals surface area contributed by atoms with Crippen molar-refractivity contribution in [2.24, 2.45) is 0 Å². The maximum absolute atomic E-state index is 12.5. The number of carbonyl (C=O) groups excluding carboxylic acids is 1. The highest BCUT2D eigenvalue weighted by atomic mass is 35.5. The van der Waals surface area contributed by atoms with E-state index in [1.807, 2.05) is 49.3 Å². The largest absolute Gasteiger partial charge is 0.387 e. The maximum Gasteiger partial charge on any atom is 0.242 e. The van der Waals surface area contributed by atoms with Crippen LogP contribution in [0.5, 0.6) is 0 Å². The van der Waals surface area contributed by atoms with Crippen LogP contribution in [-0.2, 0) is 4.79 Å². The van der Waals surface area contributed by atoms with Crippen molar-refractivity contribution in [1.82, 2.24) is 10.2 Å². The standard InChI is InChI=1S/C18H21ClN2O2/c1-21(2)17(13-7-4-3-5-8-13)18(23)20-12-16(22)14-9-6-10-15(19)11-14/h3-11,16-17,22H,12H2,1-2H3,(H,20,23)/t16-,17+/m1/s1. The molecule has 2 atom stereocenters. The number of nitrogens with zero attached hydrogens (tertiary/aromatic N) is 1. The molecule has 2 N–H and O–H groups in total. The van der Waals surface area contributed by atoms with Gasteiger partial charge >= 0.3 is 0 Å². The number of carbonyl (C=O) groups is 1. The molecule has 2 aromatic rings. The quantitative estimate of drug-likeness (QED) is 0.855. The van der Waals surface area contributed by atoms with Crippen LogP contribution in [0.2, 0.25) is 5.02 Å². The van der Waals surface area contributed by atoms with Crippen LogP contribution >= 0.6 is 11.6 Å². The zero-order chi connectivity index (χ0) is 16.8. The fourth-order valence-corrected chi connectivity index (χ4v) is 2.64. The van der Waals surface area contributed by atoms with E-state index in [0.29, 0.717) is 10.6 Å². The molecule has 0 spiro atoms. The molecule has 2 rings (SSSR count). The van der Waals surface area contributed by atoms with Crippen LogP contribution in [-0.4, -0.2) is 36.6 Å². The van der Waals surface area contributed by atoms with Gasteiger partial charge in [0.1, 0.15) is 6.04 Å². The van der Waals surface area contributed by atoms with E-state index < -0.39 is 12.1 Å². The van der Waals surface area contributed by atoms with E-state index in [2.05, 4.69) is 5.32 Å². The number of amides is 1. The van der Waals surface area contributed by atoms with Crippen LogP contribution < -0.4 is 5.32 Å². The van der Waals surface area contributed by atoms with Crippen molar-refractivity contribution in [3.8, 4) is 0 Å². The summed E-state index contributed by atoms with van der Waals surface area (Å²) in [6.45, 7) is 0.135. The zero-order valence-electron chi connectivity index (χ0n) is 13.2. The molecule has 122 valence electrons. The third-order valence-electron chi connectivity index (χ3n) is 3.58. The van der Waals surface area contributed by atoms with Crippen LogP contribution in [0.3, 0.4) is 0 Å². The summed E-state index contributed by atoms with van der Waals surface area (Å²) in [7, 11) is 3.70. The summed E-state index contributed by atoms with van der Waals surface area (Å²) in [5, 5.41) is 13.6. The first-order valence-corrected chi connectivity index (χ1v) is 7.79. The van der Waals surface area contributed by atoms with Gasteiger partial charge in [-0.2, -0.15) is 0 Å². The highest BCUT2D eigenvalue weighted by molar-refractivity contribution is 6.30. The van der Waals surface area contributed by atoms with Crippen molar-refractivity contribution >= 4 is 17.5 Å². The predicted molar refractivity (Wildman–Crippen MR) is 92.3 cm³/mol. The zero-order valence-corrected chi connectivity index (χ0v) is 14.0. The molecule has 1 amide bonds. The Hall–Kier alpha value is -1.88. The maximum atomic E-state index is 12.5. The Kier molecular flexibility index (Phi) is 6.16. The Labute approximate surface area is 141 Å². The van der Waals surface area contributed by atoms with Gasteiger partial charge in [0.05, 0.1) is 6.10 Å². The van der Waals surface area contributed by atoms with Crippen LogP contribution in [0.4, 0.5) is 0 Å². The first-order chi connectivity index (χ1) is 11.0. The lowest BCUT2D eigenvalue weighted by Crippen LogP contribution is -2.38. The predicted octanol–water partition coefficient (Wildman–Crippen LogP) is 2.79. The number of hydrogen-bond acceptors (Lipinski definition) is 3. The normalized spacial score (nSPS) is 13.6. The fraction of sp³-hybridized carbons (Fsp3) is 0.278. The first kappa shape index (κ1) is 17.5. The third kappa shape index (κ3) is 4.79. The van der Waals surface area contributed by atoms with Crippen molar-refractivity contribution in [1.29, 1.82) is 0 Å². The molecule has 2 aromatic carbocycles. The molecule has 0 bridgehead atoms. The lowest BCUT2D eigenvalue weighted by molar-refractivity contribution is -0.126. The molecule has 0 unspecified atom stereocenters. The highest BCUT2D eigenvalue weighted by Gasteiger charge is 2.23. The number of aliphatic hydroxyl groups is 1. The minimum atomic E-state index is -0.795. The molecule has 0 saturated carbocycles. The highest BCUT2D eigenvalue weighted by Crippen LogP contribution is 2.20. The number of likely N-dealkylation sites (N-methyl/N-ethyl adjacent to an activating group) is 1. The topological polar surface area (TPSA) is 52.6 Å². The number of aliphatic hydroxyl groups excluding tert-OH is 1. The molecule has 0 radical (unpaired) electrons. The molecule has 0 aliphatic rings. The van der Waals surface area contributed by atoms with Gasteiger partial charge in [-0.3, -0.25) is 9.69 Å². The first-order valence-electron chi connectivity index (χ1n) is 7.41. The second-order valence-electron chi connectivity index (χ2n) is 5.59. The Morgan fingerprint density at radius 2 is 1.78 bits per heavy atom. The van der Waals surface area contributed by atoms with Crippen LogP contribution in [0.1, 0.15) is 23.3 Å². The second-order valence-corrected chi connectivity index (χ2v) is 6.03. The monoisotopic (exact) mass is 332 g/mol. The Morgan fingerprint density at radius 1 is 1.13 bits per heavy atom. The van der Waals surface area contributed by atoms with Crippen LogP contribution in [0.25, 0.3) is 0 Å². The fourth-order valence-electron chi connectivity index (χ4n) is 2.45. The van der Waals surface area contributed by atoms with Gasteiger partial charge in [0, 0.05) is 11.6 Å². The molecule has 0 aliphatic heterocycles. The summed E-state index contributed by atoms with van der Waals surface area (Å²) in [5.41, 5.74) is 1.59. The SMILES string of the molecule is CN(C)[C@H](C(=O)NC[C@@H](O)c1cccc(Cl)c1)c1ccccc1. The van der Waals surface area contributed by atoms with Gasteiger partial charge < -0.3 is 10.4 Å². The average molecular weight is 333 g/mol. The molecule has 0 heterocycles. The average Bonchev–Trinajstić information content (AvgIpc) is 2.53. The number of nitrogens with one attached hydrogen (secondary N) is 1. The molecule has 0 aromatic heterocycles. The molecule has 4 nitrogen and oxygen atoms in total. The summed E-state index contributed by atoms with van der Waals surface area (Å²) in [5.74, 6) is -0.151. The van der Waals surface area contributed by atoms with E-state index in [-0.39, 0.29) is 12.5 Å². The molecule has 5 heteroatoms. The summed E-state index contributed by atoms with van der Waals surface area (Å²) in [4.78, 5) is 14.3. The summed E-state index contributed by atoms with van der Waals surface area (Å²) in [6.07, 6.45) is -0.795.